The molecule has 17 heavy (non-hydrogen) atoms. The monoisotopic (exact) mass is 256 g/mol. The minimum atomic E-state index is -3.45. The maximum absolute atomic E-state index is 12.0. The summed E-state index contributed by atoms with van der Waals surface area (Å²) in [5.74, 6) is 0. The first-order valence-corrected chi connectivity index (χ1v) is 7.17. The molecule has 0 saturated heterocycles. The smallest absolute Gasteiger partial charge is 0.240 e. The second kappa shape index (κ2) is 5.12. The zero-order valence-electron chi connectivity index (χ0n) is 9.41. The minimum Gasteiger partial charge on any atom is -0.393 e. The van der Waals surface area contributed by atoms with Gasteiger partial charge in [0.05, 0.1) is 11.0 Å². The molecule has 0 aromatic carbocycles. The number of sulfonamides is 1. The molecule has 0 atom stereocenters. The van der Waals surface area contributed by atoms with Crippen LogP contribution in [0, 0.1) is 0 Å². The standard InChI is InChI=1S/C11H16N2O3S/c14-10-3-1-9(2-4-10)13-17(15,16)11-5-7-12-8-6-11/h5-10,13-14H,1-4H2. The van der Waals surface area contributed by atoms with Gasteiger partial charge >= 0.3 is 0 Å². The number of hydrogen-bond donors (Lipinski definition) is 2. The Morgan fingerprint density at radius 2 is 1.76 bits per heavy atom. The summed E-state index contributed by atoms with van der Waals surface area (Å²) < 4.78 is 26.6. The second-order valence-corrected chi connectivity index (χ2v) is 6.02. The Bertz CT molecular complexity index is 453. The number of hydrogen-bond acceptors (Lipinski definition) is 4. The van der Waals surface area contributed by atoms with Crippen molar-refractivity contribution in [3.8, 4) is 0 Å². The Hall–Kier alpha value is -0.980. The van der Waals surface area contributed by atoms with E-state index in [1.54, 1.807) is 0 Å². The maximum atomic E-state index is 12.0. The van der Waals surface area contributed by atoms with Crippen LogP contribution < -0.4 is 4.72 Å². The molecular formula is C11H16N2O3S. The van der Waals surface area contributed by atoms with Crippen LogP contribution in [0.25, 0.3) is 0 Å². The van der Waals surface area contributed by atoms with E-state index in [0.29, 0.717) is 25.7 Å². The summed E-state index contributed by atoms with van der Waals surface area (Å²) in [4.78, 5) is 4.03. The van der Waals surface area contributed by atoms with Gasteiger partial charge in [0.25, 0.3) is 0 Å². The predicted octanol–water partition coefficient (Wildman–Crippen LogP) is 0.663. The Morgan fingerprint density at radius 3 is 2.35 bits per heavy atom. The highest BCUT2D eigenvalue weighted by atomic mass is 32.2. The van der Waals surface area contributed by atoms with Crippen molar-refractivity contribution in [1.29, 1.82) is 0 Å². The van der Waals surface area contributed by atoms with E-state index in [9.17, 15) is 13.5 Å². The van der Waals surface area contributed by atoms with Gasteiger partial charge in [-0.2, -0.15) is 0 Å². The third-order valence-corrected chi connectivity index (χ3v) is 4.51. The molecule has 1 heterocycles. The fourth-order valence-corrected chi connectivity index (χ4v) is 3.29. The quantitative estimate of drug-likeness (QED) is 0.832. The Balaban J connectivity index is 2.03. The number of aliphatic hydroxyl groups is 1. The van der Waals surface area contributed by atoms with Gasteiger partial charge < -0.3 is 5.11 Å². The van der Waals surface area contributed by atoms with Crippen molar-refractivity contribution < 1.29 is 13.5 Å². The molecule has 2 N–H and O–H groups in total. The molecule has 94 valence electrons. The normalized spacial score (nSPS) is 25.7. The third-order valence-electron chi connectivity index (χ3n) is 2.98. The first-order valence-electron chi connectivity index (χ1n) is 5.68. The highest BCUT2D eigenvalue weighted by Crippen LogP contribution is 2.20. The molecule has 1 saturated carbocycles. The van der Waals surface area contributed by atoms with E-state index >= 15 is 0 Å². The topological polar surface area (TPSA) is 79.3 Å². The van der Waals surface area contributed by atoms with Gasteiger partial charge in [0.1, 0.15) is 0 Å². The Morgan fingerprint density at radius 1 is 1.18 bits per heavy atom. The summed E-state index contributed by atoms with van der Waals surface area (Å²) in [5, 5.41) is 9.36. The minimum absolute atomic E-state index is 0.0726. The summed E-state index contributed by atoms with van der Waals surface area (Å²) in [6.45, 7) is 0. The van der Waals surface area contributed by atoms with E-state index in [0.717, 1.165) is 0 Å². The largest absolute Gasteiger partial charge is 0.393 e. The van der Waals surface area contributed by atoms with Crippen LogP contribution in [0.1, 0.15) is 25.7 Å². The van der Waals surface area contributed by atoms with Crippen LogP contribution in [0.2, 0.25) is 0 Å². The lowest BCUT2D eigenvalue weighted by molar-refractivity contribution is 0.120. The van der Waals surface area contributed by atoms with Gasteiger partial charge in [-0.05, 0) is 37.8 Å². The van der Waals surface area contributed by atoms with Crippen molar-refractivity contribution in [3.63, 3.8) is 0 Å². The fourth-order valence-electron chi connectivity index (χ4n) is 2.00. The zero-order chi connectivity index (χ0) is 12.3. The average molecular weight is 256 g/mol. The van der Waals surface area contributed by atoms with Crippen LogP contribution in [0.4, 0.5) is 0 Å². The summed E-state index contributed by atoms with van der Waals surface area (Å²) in [6.07, 6.45) is 5.32. The number of rotatable bonds is 3. The highest BCUT2D eigenvalue weighted by Gasteiger charge is 2.24. The number of aliphatic hydroxyl groups excluding tert-OH is 1. The highest BCUT2D eigenvalue weighted by molar-refractivity contribution is 7.89. The zero-order valence-corrected chi connectivity index (χ0v) is 10.2. The second-order valence-electron chi connectivity index (χ2n) is 4.31. The van der Waals surface area contributed by atoms with Crippen molar-refractivity contribution in [2.75, 3.05) is 0 Å². The number of nitrogens with one attached hydrogen (secondary N) is 1. The number of nitrogens with zero attached hydrogens (tertiary/aromatic N) is 1. The van der Waals surface area contributed by atoms with Crippen molar-refractivity contribution in [1.82, 2.24) is 9.71 Å². The molecule has 0 unspecified atom stereocenters. The SMILES string of the molecule is O=S(=O)(NC1CCC(O)CC1)c1ccncc1. The lowest BCUT2D eigenvalue weighted by Crippen LogP contribution is -2.38. The van der Waals surface area contributed by atoms with Gasteiger partial charge in [-0.1, -0.05) is 0 Å². The lowest BCUT2D eigenvalue weighted by Gasteiger charge is -2.25. The lowest BCUT2D eigenvalue weighted by atomic mass is 9.94. The van der Waals surface area contributed by atoms with E-state index < -0.39 is 10.0 Å². The van der Waals surface area contributed by atoms with Gasteiger partial charge in [-0.15, -0.1) is 0 Å². The molecule has 1 aliphatic rings. The first-order chi connectivity index (χ1) is 8.08. The molecule has 1 aliphatic carbocycles. The van der Waals surface area contributed by atoms with Crippen molar-refractivity contribution in [2.45, 2.75) is 42.7 Å². The molecule has 2 rings (SSSR count). The predicted molar refractivity (Wildman–Crippen MR) is 62.8 cm³/mol. The molecule has 0 radical (unpaired) electrons. The van der Waals surface area contributed by atoms with E-state index in [1.807, 2.05) is 0 Å². The number of aromatic nitrogens is 1. The molecule has 1 aromatic rings. The van der Waals surface area contributed by atoms with Gasteiger partial charge in [-0.3, -0.25) is 4.98 Å². The maximum Gasteiger partial charge on any atom is 0.240 e. The van der Waals surface area contributed by atoms with E-state index in [1.165, 1.54) is 24.5 Å². The van der Waals surface area contributed by atoms with Crippen molar-refractivity contribution >= 4 is 10.0 Å². The van der Waals surface area contributed by atoms with Crippen LogP contribution in [-0.2, 0) is 10.0 Å². The van der Waals surface area contributed by atoms with Crippen LogP contribution >= 0.6 is 0 Å². The van der Waals surface area contributed by atoms with Crippen LogP contribution in [0.15, 0.2) is 29.4 Å². The van der Waals surface area contributed by atoms with Crippen LogP contribution in [0.5, 0.6) is 0 Å². The molecule has 6 heteroatoms. The molecule has 0 amide bonds. The molecule has 1 aromatic heterocycles. The van der Waals surface area contributed by atoms with Crippen LogP contribution in [0.3, 0.4) is 0 Å². The van der Waals surface area contributed by atoms with E-state index in [2.05, 4.69) is 9.71 Å². The molecular weight excluding hydrogens is 240 g/mol. The third kappa shape index (κ3) is 3.24. The summed E-state index contributed by atoms with van der Waals surface area (Å²) >= 11 is 0. The summed E-state index contributed by atoms with van der Waals surface area (Å²) in [6, 6.07) is 2.87. The molecule has 0 aliphatic heterocycles. The summed E-state index contributed by atoms with van der Waals surface area (Å²) in [5.41, 5.74) is 0. The fraction of sp³-hybridized carbons (Fsp3) is 0.545. The van der Waals surface area contributed by atoms with Gasteiger partial charge in [0.2, 0.25) is 10.0 Å². The molecule has 0 spiro atoms. The van der Waals surface area contributed by atoms with Crippen molar-refractivity contribution in [3.05, 3.63) is 24.5 Å². The first kappa shape index (κ1) is 12.5. The summed E-state index contributed by atoms with van der Waals surface area (Å²) in [7, 11) is -3.45. The number of pyridine rings is 1. The van der Waals surface area contributed by atoms with Gasteiger partial charge in [-0.25, -0.2) is 13.1 Å². The molecule has 5 nitrogen and oxygen atoms in total. The van der Waals surface area contributed by atoms with Crippen molar-refractivity contribution in [2.24, 2.45) is 0 Å². The Labute approximate surface area is 101 Å². The van der Waals surface area contributed by atoms with Gasteiger partial charge in [0.15, 0.2) is 0 Å². The van der Waals surface area contributed by atoms with E-state index in [4.69, 9.17) is 0 Å². The van der Waals surface area contributed by atoms with Gasteiger partial charge in [0, 0.05) is 18.4 Å². The molecule has 1 fully saturated rings. The van der Waals surface area contributed by atoms with Crippen LogP contribution in [-0.4, -0.2) is 30.7 Å². The van der Waals surface area contributed by atoms with E-state index in [-0.39, 0.29) is 17.0 Å². The molecule has 0 bridgehead atoms. The Kier molecular flexibility index (Phi) is 3.76. The average Bonchev–Trinajstić information content (AvgIpc) is 2.33.